The lowest BCUT2D eigenvalue weighted by atomic mass is 10.1. The first-order chi connectivity index (χ1) is 10.0. The zero-order valence-corrected chi connectivity index (χ0v) is 12.6. The second kappa shape index (κ2) is 6.72. The summed E-state index contributed by atoms with van der Waals surface area (Å²) in [4.78, 5) is 25.8. The van der Waals surface area contributed by atoms with Gasteiger partial charge in [-0.25, -0.2) is 0 Å². The van der Waals surface area contributed by atoms with Crippen molar-refractivity contribution in [1.82, 2.24) is 4.90 Å². The molecule has 1 heterocycles. The molecule has 1 aromatic rings. The average Bonchev–Trinajstić information content (AvgIpc) is 2.96. The monoisotopic (exact) mass is 289 g/mol. The summed E-state index contributed by atoms with van der Waals surface area (Å²) in [6.07, 6.45) is 0.977. The summed E-state index contributed by atoms with van der Waals surface area (Å²) in [6, 6.07) is 7.05. The van der Waals surface area contributed by atoms with Gasteiger partial charge in [0.25, 0.3) is 5.91 Å². The molecular formula is C16H23N3O2. The molecule has 5 nitrogen and oxygen atoms in total. The molecule has 2 amide bonds. The van der Waals surface area contributed by atoms with Crippen molar-refractivity contribution in [3.8, 4) is 0 Å². The van der Waals surface area contributed by atoms with E-state index in [9.17, 15) is 9.59 Å². The largest absolute Gasteiger partial charge is 0.338 e. The fourth-order valence-corrected chi connectivity index (χ4v) is 2.37. The summed E-state index contributed by atoms with van der Waals surface area (Å²) >= 11 is 0. The number of amides is 2. The fraction of sp³-hybridized carbons (Fsp3) is 0.500. The van der Waals surface area contributed by atoms with Gasteiger partial charge < -0.3 is 16.0 Å². The van der Waals surface area contributed by atoms with Gasteiger partial charge in [-0.2, -0.15) is 0 Å². The van der Waals surface area contributed by atoms with Crippen LogP contribution in [0.5, 0.6) is 0 Å². The highest BCUT2D eigenvalue weighted by Gasteiger charge is 2.25. The molecule has 0 bridgehead atoms. The van der Waals surface area contributed by atoms with Gasteiger partial charge in [-0.3, -0.25) is 9.59 Å². The molecule has 3 N–H and O–H groups in total. The molecule has 0 spiro atoms. The Balaban J connectivity index is 1.99. The Hall–Kier alpha value is -1.88. The Morgan fingerprint density at radius 3 is 2.52 bits per heavy atom. The van der Waals surface area contributed by atoms with Crippen molar-refractivity contribution in [2.24, 2.45) is 17.6 Å². The second-order valence-corrected chi connectivity index (χ2v) is 5.86. The molecule has 1 aromatic carbocycles. The number of rotatable bonds is 4. The van der Waals surface area contributed by atoms with Gasteiger partial charge in [-0.15, -0.1) is 0 Å². The number of carbonyl (C=O) groups is 2. The van der Waals surface area contributed by atoms with Crippen LogP contribution in [-0.2, 0) is 4.79 Å². The molecule has 1 fully saturated rings. The van der Waals surface area contributed by atoms with E-state index in [-0.39, 0.29) is 17.7 Å². The van der Waals surface area contributed by atoms with Gasteiger partial charge in [-0.1, -0.05) is 13.8 Å². The van der Waals surface area contributed by atoms with Crippen LogP contribution in [0.3, 0.4) is 0 Å². The van der Waals surface area contributed by atoms with Crippen LogP contribution in [-0.4, -0.2) is 36.3 Å². The van der Waals surface area contributed by atoms with E-state index >= 15 is 0 Å². The third kappa shape index (κ3) is 3.82. The van der Waals surface area contributed by atoms with Gasteiger partial charge in [0.2, 0.25) is 5.91 Å². The number of nitrogens with zero attached hydrogens (tertiary/aromatic N) is 1. The second-order valence-electron chi connectivity index (χ2n) is 5.86. The summed E-state index contributed by atoms with van der Waals surface area (Å²) < 4.78 is 0. The lowest BCUT2D eigenvalue weighted by Gasteiger charge is -2.16. The van der Waals surface area contributed by atoms with Crippen LogP contribution >= 0.6 is 0 Å². The Morgan fingerprint density at radius 2 is 2.00 bits per heavy atom. The van der Waals surface area contributed by atoms with Crippen molar-refractivity contribution in [2.75, 3.05) is 25.0 Å². The van der Waals surface area contributed by atoms with E-state index in [0.29, 0.717) is 23.7 Å². The molecule has 0 radical (unpaired) electrons. The van der Waals surface area contributed by atoms with Gasteiger partial charge >= 0.3 is 0 Å². The number of carbonyl (C=O) groups excluding carboxylic acids is 2. The topological polar surface area (TPSA) is 75.4 Å². The van der Waals surface area contributed by atoms with Crippen molar-refractivity contribution in [3.05, 3.63) is 29.8 Å². The molecule has 5 heteroatoms. The third-order valence-corrected chi connectivity index (χ3v) is 3.83. The highest BCUT2D eigenvalue weighted by atomic mass is 16.2. The number of benzene rings is 1. The normalized spacial score (nSPS) is 18.1. The smallest absolute Gasteiger partial charge is 0.253 e. The van der Waals surface area contributed by atoms with Crippen molar-refractivity contribution in [1.29, 1.82) is 0 Å². The summed E-state index contributed by atoms with van der Waals surface area (Å²) in [5.74, 6) is 0.356. The summed E-state index contributed by atoms with van der Waals surface area (Å²) in [5, 5.41) is 2.81. The van der Waals surface area contributed by atoms with Crippen molar-refractivity contribution in [3.63, 3.8) is 0 Å². The molecule has 1 saturated heterocycles. The van der Waals surface area contributed by atoms with Crippen molar-refractivity contribution < 1.29 is 9.59 Å². The van der Waals surface area contributed by atoms with E-state index in [1.165, 1.54) is 0 Å². The van der Waals surface area contributed by atoms with Gasteiger partial charge in [0.15, 0.2) is 0 Å². The predicted molar refractivity (Wildman–Crippen MR) is 83.0 cm³/mol. The van der Waals surface area contributed by atoms with Crippen LogP contribution < -0.4 is 11.1 Å². The lowest BCUT2D eigenvalue weighted by Crippen LogP contribution is -2.29. The molecule has 1 atom stereocenters. The molecule has 0 saturated carbocycles. The van der Waals surface area contributed by atoms with E-state index < -0.39 is 0 Å². The molecule has 21 heavy (non-hydrogen) atoms. The fourth-order valence-electron chi connectivity index (χ4n) is 2.37. The minimum Gasteiger partial charge on any atom is -0.338 e. The third-order valence-electron chi connectivity index (χ3n) is 3.83. The molecule has 1 unspecified atom stereocenters. The lowest BCUT2D eigenvalue weighted by molar-refractivity contribution is -0.118. The first-order valence-corrected chi connectivity index (χ1v) is 7.41. The predicted octanol–water partition coefficient (Wildman–Crippen LogP) is 1.70. The van der Waals surface area contributed by atoms with Crippen LogP contribution in [0.4, 0.5) is 5.69 Å². The number of likely N-dealkylation sites (tertiary alicyclic amines) is 1. The van der Waals surface area contributed by atoms with Crippen LogP contribution in [0.25, 0.3) is 0 Å². The van der Waals surface area contributed by atoms with Crippen LogP contribution in [0, 0.1) is 11.8 Å². The minimum absolute atomic E-state index is 0.0283. The van der Waals surface area contributed by atoms with Gasteiger partial charge in [0.1, 0.15) is 0 Å². The Kier molecular flexibility index (Phi) is 4.96. The average molecular weight is 289 g/mol. The number of hydrogen-bond donors (Lipinski definition) is 2. The maximum Gasteiger partial charge on any atom is 0.253 e. The summed E-state index contributed by atoms with van der Waals surface area (Å²) in [5.41, 5.74) is 7.01. The number of nitrogens with one attached hydrogen (secondary N) is 1. The van der Waals surface area contributed by atoms with Gasteiger partial charge in [0.05, 0.1) is 0 Å². The van der Waals surface area contributed by atoms with E-state index in [0.717, 1.165) is 19.5 Å². The van der Waals surface area contributed by atoms with Crippen LogP contribution in [0.15, 0.2) is 24.3 Å². The first-order valence-electron chi connectivity index (χ1n) is 7.41. The maximum absolute atomic E-state index is 12.3. The zero-order valence-electron chi connectivity index (χ0n) is 12.6. The van der Waals surface area contributed by atoms with Gasteiger partial charge in [0, 0.05) is 30.3 Å². The molecule has 0 aliphatic carbocycles. The SMILES string of the molecule is CC(C)C(=O)Nc1ccc(C(=O)N2CCC(CN)C2)cc1. The Labute approximate surface area is 125 Å². The van der Waals surface area contributed by atoms with Crippen molar-refractivity contribution in [2.45, 2.75) is 20.3 Å². The van der Waals surface area contributed by atoms with Gasteiger partial charge in [-0.05, 0) is 43.1 Å². The van der Waals surface area contributed by atoms with E-state index in [2.05, 4.69) is 5.32 Å². The Bertz CT molecular complexity index is 511. The molecule has 114 valence electrons. The highest BCUT2D eigenvalue weighted by Crippen LogP contribution is 2.19. The number of nitrogens with two attached hydrogens (primary N) is 1. The summed E-state index contributed by atoms with van der Waals surface area (Å²) in [7, 11) is 0. The van der Waals surface area contributed by atoms with E-state index in [1.807, 2.05) is 18.7 Å². The molecule has 0 aromatic heterocycles. The maximum atomic E-state index is 12.3. The van der Waals surface area contributed by atoms with E-state index in [4.69, 9.17) is 5.73 Å². The Morgan fingerprint density at radius 1 is 1.33 bits per heavy atom. The molecule has 2 rings (SSSR count). The first kappa shape index (κ1) is 15.5. The highest BCUT2D eigenvalue weighted by molar-refractivity contribution is 5.96. The standard InChI is InChI=1S/C16H23N3O2/c1-11(2)15(20)18-14-5-3-13(4-6-14)16(21)19-8-7-12(9-17)10-19/h3-6,11-12H,7-10,17H2,1-2H3,(H,18,20). The summed E-state index contributed by atoms with van der Waals surface area (Å²) in [6.45, 7) is 5.82. The molecule has 1 aliphatic rings. The van der Waals surface area contributed by atoms with Crippen LogP contribution in [0.1, 0.15) is 30.6 Å². The zero-order chi connectivity index (χ0) is 15.4. The number of hydrogen-bond acceptors (Lipinski definition) is 3. The number of anilines is 1. The van der Waals surface area contributed by atoms with Crippen molar-refractivity contribution >= 4 is 17.5 Å². The molecular weight excluding hydrogens is 266 g/mol. The minimum atomic E-state index is -0.0656. The molecule has 1 aliphatic heterocycles. The quantitative estimate of drug-likeness (QED) is 0.886. The van der Waals surface area contributed by atoms with Crippen LogP contribution in [0.2, 0.25) is 0 Å². The van der Waals surface area contributed by atoms with E-state index in [1.54, 1.807) is 24.3 Å².